The van der Waals surface area contributed by atoms with Gasteiger partial charge < -0.3 is 10.1 Å². The molecule has 0 aromatic heterocycles. The second-order valence-corrected chi connectivity index (χ2v) is 5.82. The summed E-state index contributed by atoms with van der Waals surface area (Å²) in [5.74, 6) is 0.699. The van der Waals surface area contributed by atoms with E-state index in [9.17, 15) is 4.79 Å². The minimum Gasteiger partial charge on any atom is -0.444 e. The lowest BCUT2D eigenvalue weighted by atomic mass is 10.1. The van der Waals surface area contributed by atoms with Crippen LogP contribution in [0.25, 0.3) is 0 Å². The average molecular weight is 278 g/mol. The molecule has 1 amide bonds. The lowest BCUT2D eigenvalue weighted by molar-refractivity contribution is 0.0505. The Bertz CT molecular complexity index is 225. The second-order valence-electron chi connectivity index (χ2n) is 5.18. The molecule has 0 spiro atoms. The molecule has 0 aromatic rings. The van der Waals surface area contributed by atoms with Crippen molar-refractivity contribution in [2.24, 2.45) is 5.92 Å². The molecule has 0 unspecified atom stereocenters. The smallest absolute Gasteiger partial charge is 0.407 e. The van der Waals surface area contributed by atoms with E-state index in [-0.39, 0.29) is 6.09 Å². The zero-order valence-electron chi connectivity index (χ0n) is 9.68. The van der Waals surface area contributed by atoms with Gasteiger partial charge in [-0.3, -0.25) is 0 Å². The van der Waals surface area contributed by atoms with Crippen LogP contribution in [-0.4, -0.2) is 23.1 Å². The third kappa shape index (κ3) is 4.87. The van der Waals surface area contributed by atoms with Gasteiger partial charge in [-0.25, -0.2) is 4.79 Å². The van der Waals surface area contributed by atoms with Gasteiger partial charge in [0.25, 0.3) is 0 Å². The Balaban J connectivity index is 2.28. The van der Waals surface area contributed by atoms with Crippen LogP contribution in [0.5, 0.6) is 0 Å². The first kappa shape index (κ1) is 12.8. The molecule has 0 heterocycles. The summed E-state index contributed by atoms with van der Waals surface area (Å²) in [5.41, 5.74) is -0.405. The first-order chi connectivity index (χ1) is 6.90. The number of hydrogen-bond donors (Lipinski definition) is 1. The van der Waals surface area contributed by atoms with Crippen LogP contribution in [0.4, 0.5) is 4.79 Å². The SMILES string of the molecule is CC(C)(C)OC(=O)N[C@@H]1CC[C@@H](CBr)C1. The van der Waals surface area contributed by atoms with Crippen LogP contribution >= 0.6 is 15.9 Å². The molecule has 2 atom stereocenters. The summed E-state index contributed by atoms with van der Waals surface area (Å²) in [7, 11) is 0. The van der Waals surface area contributed by atoms with Crippen LogP contribution in [0.2, 0.25) is 0 Å². The quantitative estimate of drug-likeness (QED) is 0.788. The Morgan fingerprint density at radius 3 is 2.60 bits per heavy atom. The zero-order valence-corrected chi connectivity index (χ0v) is 11.3. The summed E-state index contributed by atoms with van der Waals surface area (Å²) < 4.78 is 5.21. The van der Waals surface area contributed by atoms with Gasteiger partial charge in [0, 0.05) is 11.4 Å². The molecule has 0 aromatic carbocycles. The molecule has 1 N–H and O–H groups in total. The standard InChI is InChI=1S/C11H20BrNO2/c1-11(2,3)15-10(14)13-9-5-4-8(6-9)7-12/h8-9H,4-7H2,1-3H3,(H,13,14)/t8-,9-/m1/s1. The Kier molecular flexibility index (Phi) is 4.44. The van der Waals surface area contributed by atoms with Crippen molar-refractivity contribution >= 4 is 22.0 Å². The normalized spacial score (nSPS) is 26.4. The van der Waals surface area contributed by atoms with E-state index in [1.54, 1.807) is 0 Å². The number of carbonyl (C=O) groups is 1. The molecule has 1 aliphatic carbocycles. The van der Waals surface area contributed by atoms with Crippen molar-refractivity contribution in [1.82, 2.24) is 5.32 Å². The van der Waals surface area contributed by atoms with Crippen LogP contribution < -0.4 is 5.32 Å². The molecule has 3 nitrogen and oxygen atoms in total. The van der Waals surface area contributed by atoms with Crippen molar-refractivity contribution in [1.29, 1.82) is 0 Å². The van der Waals surface area contributed by atoms with Gasteiger partial charge in [-0.1, -0.05) is 15.9 Å². The Morgan fingerprint density at radius 1 is 1.47 bits per heavy atom. The van der Waals surface area contributed by atoms with Crippen molar-refractivity contribution in [2.45, 2.75) is 51.7 Å². The lowest BCUT2D eigenvalue weighted by Crippen LogP contribution is -2.37. The summed E-state index contributed by atoms with van der Waals surface area (Å²) in [5, 5.41) is 3.94. The Hall–Kier alpha value is -0.250. The highest BCUT2D eigenvalue weighted by Gasteiger charge is 2.26. The van der Waals surface area contributed by atoms with Crippen LogP contribution in [0.1, 0.15) is 40.0 Å². The van der Waals surface area contributed by atoms with E-state index < -0.39 is 5.60 Å². The van der Waals surface area contributed by atoms with Crippen LogP contribution in [0, 0.1) is 5.92 Å². The minimum absolute atomic E-state index is 0.289. The molecule has 0 bridgehead atoms. The summed E-state index contributed by atoms with van der Waals surface area (Å²) >= 11 is 3.47. The molecule has 0 aliphatic heterocycles. The molecular weight excluding hydrogens is 258 g/mol. The maximum atomic E-state index is 11.5. The van der Waals surface area contributed by atoms with Gasteiger partial charge in [0.1, 0.15) is 5.60 Å². The van der Waals surface area contributed by atoms with Gasteiger partial charge in [-0.2, -0.15) is 0 Å². The summed E-state index contributed by atoms with van der Waals surface area (Å²) in [6.07, 6.45) is 3.02. The third-order valence-corrected chi connectivity index (χ3v) is 3.40. The van der Waals surface area contributed by atoms with Crippen LogP contribution in [-0.2, 0) is 4.74 Å². The molecule has 88 valence electrons. The maximum Gasteiger partial charge on any atom is 0.407 e. The van der Waals surface area contributed by atoms with Gasteiger partial charge in [-0.15, -0.1) is 0 Å². The molecule has 15 heavy (non-hydrogen) atoms. The van der Waals surface area contributed by atoms with E-state index in [1.807, 2.05) is 20.8 Å². The van der Waals surface area contributed by atoms with Crippen molar-refractivity contribution in [2.75, 3.05) is 5.33 Å². The highest BCUT2D eigenvalue weighted by molar-refractivity contribution is 9.09. The van der Waals surface area contributed by atoms with E-state index in [0.717, 1.165) is 18.2 Å². The number of hydrogen-bond acceptors (Lipinski definition) is 2. The topological polar surface area (TPSA) is 38.3 Å². The molecule has 1 rings (SSSR count). The van der Waals surface area contributed by atoms with Gasteiger partial charge in [0.2, 0.25) is 0 Å². The monoisotopic (exact) mass is 277 g/mol. The van der Waals surface area contributed by atoms with Gasteiger partial charge in [-0.05, 0) is 46.0 Å². The minimum atomic E-state index is -0.405. The van der Waals surface area contributed by atoms with Gasteiger partial charge in [0.05, 0.1) is 0 Å². The molecular formula is C11H20BrNO2. The number of alkyl halides is 1. The molecule has 0 saturated heterocycles. The maximum absolute atomic E-state index is 11.5. The highest BCUT2D eigenvalue weighted by Crippen LogP contribution is 2.27. The number of nitrogens with one attached hydrogen (secondary N) is 1. The fourth-order valence-electron chi connectivity index (χ4n) is 1.82. The highest BCUT2D eigenvalue weighted by atomic mass is 79.9. The number of amides is 1. The fraction of sp³-hybridized carbons (Fsp3) is 0.909. The number of ether oxygens (including phenoxy) is 1. The van der Waals surface area contributed by atoms with E-state index in [2.05, 4.69) is 21.2 Å². The molecule has 4 heteroatoms. The van der Waals surface area contributed by atoms with Crippen molar-refractivity contribution in [3.8, 4) is 0 Å². The van der Waals surface area contributed by atoms with E-state index in [4.69, 9.17) is 4.74 Å². The van der Waals surface area contributed by atoms with Crippen molar-refractivity contribution in [3.05, 3.63) is 0 Å². The molecule has 1 saturated carbocycles. The van der Waals surface area contributed by atoms with E-state index in [0.29, 0.717) is 12.0 Å². The summed E-state index contributed by atoms with van der Waals surface area (Å²) in [6, 6.07) is 0.294. The van der Waals surface area contributed by atoms with Gasteiger partial charge in [0.15, 0.2) is 0 Å². The van der Waals surface area contributed by atoms with Crippen LogP contribution in [0.3, 0.4) is 0 Å². The molecule has 1 aliphatic rings. The molecule has 0 radical (unpaired) electrons. The fourth-order valence-corrected chi connectivity index (χ4v) is 2.41. The predicted octanol–water partition coefficient (Wildman–Crippen LogP) is 3.07. The third-order valence-electron chi connectivity index (χ3n) is 2.48. The predicted molar refractivity (Wildman–Crippen MR) is 64.3 cm³/mol. The average Bonchev–Trinajstić information content (AvgIpc) is 2.48. The van der Waals surface area contributed by atoms with Crippen LogP contribution in [0.15, 0.2) is 0 Å². The Labute approximate surface area is 100 Å². The van der Waals surface area contributed by atoms with Gasteiger partial charge >= 0.3 is 6.09 Å². The summed E-state index contributed by atoms with van der Waals surface area (Å²) in [4.78, 5) is 11.5. The number of halogens is 1. The number of alkyl carbamates (subject to hydrolysis) is 1. The largest absolute Gasteiger partial charge is 0.444 e. The second kappa shape index (κ2) is 5.19. The number of carbonyl (C=O) groups excluding carboxylic acids is 1. The number of rotatable bonds is 2. The van der Waals surface area contributed by atoms with Crippen molar-refractivity contribution in [3.63, 3.8) is 0 Å². The lowest BCUT2D eigenvalue weighted by Gasteiger charge is -2.21. The Morgan fingerprint density at radius 2 is 2.13 bits per heavy atom. The van der Waals surface area contributed by atoms with E-state index in [1.165, 1.54) is 6.42 Å². The first-order valence-corrected chi connectivity index (χ1v) is 6.58. The molecule has 1 fully saturated rings. The summed E-state index contributed by atoms with van der Waals surface area (Å²) in [6.45, 7) is 5.63. The zero-order chi connectivity index (χ0) is 11.5. The first-order valence-electron chi connectivity index (χ1n) is 5.46. The van der Waals surface area contributed by atoms with E-state index >= 15 is 0 Å². The van der Waals surface area contributed by atoms with Crippen molar-refractivity contribution < 1.29 is 9.53 Å².